The Morgan fingerprint density at radius 3 is 2.74 bits per heavy atom. The van der Waals surface area contributed by atoms with Crippen LogP contribution in [0.5, 0.6) is 0 Å². The SMILES string of the molecule is C#CCNC(=O)CSc1ccc(CNCCC)cc1. The zero-order valence-corrected chi connectivity index (χ0v) is 12.1. The summed E-state index contributed by atoms with van der Waals surface area (Å²) in [5, 5.41) is 6.00. The summed E-state index contributed by atoms with van der Waals surface area (Å²) in [6.07, 6.45) is 6.21. The average molecular weight is 276 g/mol. The molecule has 0 atom stereocenters. The van der Waals surface area contributed by atoms with Crippen LogP contribution in [-0.4, -0.2) is 24.7 Å². The number of rotatable bonds is 8. The van der Waals surface area contributed by atoms with Gasteiger partial charge in [-0.05, 0) is 30.7 Å². The van der Waals surface area contributed by atoms with Gasteiger partial charge in [-0.3, -0.25) is 4.79 Å². The van der Waals surface area contributed by atoms with Crippen molar-refractivity contribution in [1.82, 2.24) is 10.6 Å². The van der Waals surface area contributed by atoms with Crippen LogP contribution in [0.4, 0.5) is 0 Å². The Balaban J connectivity index is 2.32. The lowest BCUT2D eigenvalue weighted by atomic mass is 10.2. The Kier molecular flexibility index (Phi) is 7.80. The van der Waals surface area contributed by atoms with Crippen LogP contribution in [0.25, 0.3) is 0 Å². The van der Waals surface area contributed by atoms with Crippen LogP contribution in [0, 0.1) is 12.3 Å². The van der Waals surface area contributed by atoms with Gasteiger partial charge in [-0.1, -0.05) is 25.0 Å². The predicted octanol–water partition coefficient (Wildman–Crippen LogP) is 2.03. The first-order valence-corrected chi connectivity index (χ1v) is 7.37. The van der Waals surface area contributed by atoms with Crippen LogP contribution in [-0.2, 0) is 11.3 Å². The Bertz CT molecular complexity index is 423. The summed E-state index contributed by atoms with van der Waals surface area (Å²) in [7, 11) is 0. The van der Waals surface area contributed by atoms with E-state index in [0.717, 1.165) is 24.4 Å². The van der Waals surface area contributed by atoms with Gasteiger partial charge in [0.15, 0.2) is 0 Å². The Morgan fingerprint density at radius 2 is 2.11 bits per heavy atom. The second kappa shape index (κ2) is 9.48. The molecule has 1 aromatic carbocycles. The third-order valence-corrected chi connectivity index (χ3v) is 3.45. The highest BCUT2D eigenvalue weighted by Gasteiger charge is 2.01. The maximum atomic E-state index is 11.4. The van der Waals surface area contributed by atoms with E-state index >= 15 is 0 Å². The van der Waals surface area contributed by atoms with Crippen LogP contribution in [0.1, 0.15) is 18.9 Å². The summed E-state index contributed by atoms with van der Waals surface area (Å²) < 4.78 is 0. The van der Waals surface area contributed by atoms with E-state index in [4.69, 9.17) is 6.42 Å². The molecule has 0 aliphatic carbocycles. The van der Waals surface area contributed by atoms with Gasteiger partial charge in [0.2, 0.25) is 5.91 Å². The highest BCUT2D eigenvalue weighted by atomic mass is 32.2. The van der Waals surface area contributed by atoms with Crippen LogP contribution in [0.15, 0.2) is 29.2 Å². The van der Waals surface area contributed by atoms with Crippen molar-refractivity contribution >= 4 is 17.7 Å². The number of thioether (sulfide) groups is 1. The summed E-state index contributed by atoms with van der Waals surface area (Å²) in [5.41, 5.74) is 1.26. The van der Waals surface area contributed by atoms with Crippen LogP contribution < -0.4 is 10.6 Å². The van der Waals surface area contributed by atoms with E-state index in [9.17, 15) is 4.79 Å². The van der Waals surface area contributed by atoms with Gasteiger partial charge in [0, 0.05) is 11.4 Å². The highest BCUT2D eigenvalue weighted by molar-refractivity contribution is 8.00. The van der Waals surface area contributed by atoms with Crippen LogP contribution in [0.3, 0.4) is 0 Å². The number of hydrogen-bond donors (Lipinski definition) is 2. The molecule has 0 fully saturated rings. The maximum absolute atomic E-state index is 11.4. The molecule has 19 heavy (non-hydrogen) atoms. The van der Waals surface area contributed by atoms with E-state index in [2.05, 4.69) is 35.6 Å². The van der Waals surface area contributed by atoms with Gasteiger partial charge in [0.25, 0.3) is 0 Å². The zero-order valence-electron chi connectivity index (χ0n) is 11.2. The van der Waals surface area contributed by atoms with Crippen molar-refractivity contribution in [3.63, 3.8) is 0 Å². The normalized spacial score (nSPS) is 9.89. The molecule has 1 rings (SSSR count). The van der Waals surface area contributed by atoms with Gasteiger partial charge in [0.1, 0.15) is 0 Å². The minimum Gasteiger partial charge on any atom is -0.344 e. The van der Waals surface area contributed by atoms with E-state index in [1.807, 2.05) is 12.1 Å². The molecule has 1 aromatic rings. The quantitative estimate of drug-likeness (QED) is 0.434. The van der Waals surface area contributed by atoms with Gasteiger partial charge in [-0.25, -0.2) is 0 Å². The smallest absolute Gasteiger partial charge is 0.231 e. The number of terminal acetylenes is 1. The van der Waals surface area contributed by atoms with Crippen molar-refractivity contribution in [1.29, 1.82) is 0 Å². The first-order valence-electron chi connectivity index (χ1n) is 6.39. The van der Waals surface area contributed by atoms with Crippen molar-refractivity contribution < 1.29 is 4.79 Å². The van der Waals surface area contributed by atoms with Gasteiger partial charge in [0.05, 0.1) is 12.3 Å². The summed E-state index contributed by atoms with van der Waals surface area (Å²) in [6.45, 7) is 4.37. The largest absolute Gasteiger partial charge is 0.344 e. The molecule has 0 unspecified atom stereocenters. The third-order valence-electron chi connectivity index (χ3n) is 2.44. The molecular formula is C15H20N2OS. The van der Waals surface area contributed by atoms with Gasteiger partial charge < -0.3 is 10.6 Å². The van der Waals surface area contributed by atoms with Gasteiger partial charge in [-0.2, -0.15) is 0 Å². The van der Waals surface area contributed by atoms with Crippen LogP contribution >= 0.6 is 11.8 Å². The first-order chi connectivity index (χ1) is 9.26. The van der Waals surface area contributed by atoms with Crippen molar-refractivity contribution in [3.05, 3.63) is 29.8 Å². The molecule has 0 radical (unpaired) electrons. The number of carbonyl (C=O) groups excluding carboxylic acids is 1. The van der Waals surface area contributed by atoms with Crippen molar-refractivity contribution in [2.75, 3.05) is 18.8 Å². The van der Waals surface area contributed by atoms with Crippen molar-refractivity contribution in [3.8, 4) is 12.3 Å². The predicted molar refractivity (Wildman–Crippen MR) is 81.0 cm³/mol. The van der Waals surface area contributed by atoms with E-state index in [0.29, 0.717) is 12.3 Å². The molecular weight excluding hydrogens is 256 g/mol. The Labute approximate surface area is 119 Å². The number of carbonyl (C=O) groups is 1. The van der Waals surface area contributed by atoms with Crippen LogP contribution in [0.2, 0.25) is 0 Å². The Hall–Kier alpha value is -1.44. The fourth-order valence-electron chi connectivity index (χ4n) is 1.46. The number of benzene rings is 1. The Morgan fingerprint density at radius 1 is 1.37 bits per heavy atom. The number of hydrogen-bond acceptors (Lipinski definition) is 3. The topological polar surface area (TPSA) is 41.1 Å². The molecule has 0 aliphatic rings. The minimum atomic E-state index is -0.0309. The van der Waals surface area contributed by atoms with E-state index in [-0.39, 0.29) is 5.91 Å². The molecule has 0 aromatic heterocycles. The summed E-state index contributed by atoms with van der Waals surface area (Å²) in [4.78, 5) is 12.5. The van der Waals surface area contributed by atoms with Crippen molar-refractivity contribution in [2.24, 2.45) is 0 Å². The maximum Gasteiger partial charge on any atom is 0.231 e. The zero-order chi connectivity index (χ0) is 13.9. The molecule has 4 heteroatoms. The molecule has 102 valence electrons. The fraction of sp³-hybridized carbons (Fsp3) is 0.400. The molecule has 0 aliphatic heterocycles. The molecule has 1 amide bonds. The molecule has 3 nitrogen and oxygen atoms in total. The standard InChI is InChI=1S/C15H20N2OS/c1-3-9-16-11-13-5-7-14(8-6-13)19-12-15(18)17-10-4-2/h2,5-8,16H,3,9-12H2,1H3,(H,17,18). The van der Waals surface area contributed by atoms with Gasteiger partial charge in [-0.15, -0.1) is 18.2 Å². The summed E-state index contributed by atoms with van der Waals surface area (Å²) in [5.74, 6) is 2.75. The van der Waals surface area contributed by atoms with Crippen molar-refractivity contribution in [2.45, 2.75) is 24.8 Å². The van der Waals surface area contributed by atoms with Gasteiger partial charge >= 0.3 is 0 Å². The molecule has 0 spiro atoms. The van der Waals surface area contributed by atoms with E-state index in [1.165, 1.54) is 17.3 Å². The number of nitrogens with one attached hydrogen (secondary N) is 2. The molecule has 0 bridgehead atoms. The fourth-order valence-corrected chi connectivity index (χ4v) is 2.19. The lowest BCUT2D eigenvalue weighted by molar-refractivity contribution is -0.118. The second-order valence-electron chi connectivity index (χ2n) is 4.09. The van der Waals surface area contributed by atoms with E-state index < -0.39 is 0 Å². The first kappa shape index (κ1) is 15.6. The molecule has 0 saturated carbocycles. The monoisotopic (exact) mass is 276 g/mol. The third kappa shape index (κ3) is 6.90. The number of amides is 1. The highest BCUT2D eigenvalue weighted by Crippen LogP contribution is 2.18. The minimum absolute atomic E-state index is 0.0309. The lowest BCUT2D eigenvalue weighted by Gasteiger charge is -2.05. The summed E-state index contributed by atoms with van der Waals surface area (Å²) in [6, 6.07) is 8.26. The lowest BCUT2D eigenvalue weighted by Crippen LogP contribution is -2.25. The molecule has 0 heterocycles. The molecule has 2 N–H and O–H groups in total. The summed E-state index contributed by atoms with van der Waals surface area (Å²) >= 11 is 1.51. The second-order valence-corrected chi connectivity index (χ2v) is 5.14. The average Bonchev–Trinajstić information content (AvgIpc) is 2.44. The molecule has 0 saturated heterocycles. The van der Waals surface area contributed by atoms with E-state index in [1.54, 1.807) is 0 Å².